The van der Waals surface area contributed by atoms with Crippen molar-refractivity contribution in [2.75, 3.05) is 5.73 Å². The fraction of sp³-hybridized carbons (Fsp3) is 0.231. The van der Waals surface area contributed by atoms with E-state index >= 15 is 0 Å². The maximum absolute atomic E-state index is 5.74. The van der Waals surface area contributed by atoms with Crippen LogP contribution in [0.1, 0.15) is 18.4 Å². The van der Waals surface area contributed by atoms with Gasteiger partial charge in [-0.15, -0.1) is 0 Å². The van der Waals surface area contributed by atoms with Crippen molar-refractivity contribution in [3.8, 4) is 0 Å². The average Bonchev–Trinajstić information content (AvgIpc) is 2.20. The maximum atomic E-state index is 5.74. The van der Waals surface area contributed by atoms with Crippen molar-refractivity contribution in [3.05, 3.63) is 53.8 Å². The fourth-order valence-corrected chi connectivity index (χ4v) is 1.99. The van der Waals surface area contributed by atoms with Crippen LogP contribution in [0.2, 0.25) is 0 Å². The van der Waals surface area contributed by atoms with Crippen molar-refractivity contribution in [2.24, 2.45) is 11.7 Å². The highest BCUT2D eigenvalue weighted by atomic mass is 14.6. The van der Waals surface area contributed by atoms with Gasteiger partial charge in [-0.05, 0) is 29.7 Å². The summed E-state index contributed by atoms with van der Waals surface area (Å²) in [5, 5.41) is 0. The van der Waals surface area contributed by atoms with Crippen LogP contribution >= 0.6 is 0 Å². The molecule has 4 N–H and O–H groups in total. The minimum atomic E-state index is 0.415. The molecule has 0 bridgehead atoms. The van der Waals surface area contributed by atoms with Gasteiger partial charge in [0, 0.05) is 17.3 Å². The van der Waals surface area contributed by atoms with Crippen LogP contribution < -0.4 is 11.5 Å². The molecule has 2 rings (SSSR count). The second-order valence-electron chi connectivity index (χ2n) is 4.08. The van der Waals surface area contributed by atoms with Crippen molar-refractivity contribution in [3.63, 3.8) is 0 Å². The average molecular weight is 200 g/mol. The molecular weight excluding hydrogens is 184 g/mol. The van der Waals surface area contributed by atoms with Crippen molar-refractivity contribution < 1.29 is 0 Å². The maximum Gasteiger partial charge on any atom is 0.0314 e. The van der Waals surface area contributed by atoms with Gasteiger partial charge in [0.05, 0.1) is 0 Å². The molecule has 0 radical (unpaired) electrons. The molecule has 2 nitrogen and oxygen atoms in total. The fourth-order valence-electron chi connectivity index (χ4n) is 1.99. The smallest absolute Gasteiger partial charge is 0.0314 e. The standard InChI is InChI=1S/C13H16N2/c1-9-8-12(15)6-7-13(9)10-2-4-11(14)5-3-10/h2-9,13H,14-15H2,1H3. The van der Waals surface area contributed by atoms with Gasteiger partial charge < -0.3 is 11.5 Å². The van der Waals surface area contributed by atoms with Crippen molar-refractivity contribution >= 4 is 5.69 Å². The Balaban J connectivity index is 2.26. The topological polar surface area (TPSA) is 52.0 Å². The summed E-state index contributed by atoms with van der Waals surface area (Å²) in [6, 6.07) is 8.04. The summed E-state index contributed by atoms with van der Waals surface area (Å²) in [5.74, 6) is 0.858. The lowest BCUT2D eigenvalue weighted by Crippen LogP contribution is -2.12. The van der Waals surface area contributed by atoms with E-state index in [1.807, 2.05) is 18.2 Å². The van der Waals surface area contributed by atoms with Crippen LogP contribution in [0.15, 0.2) is 48.2 Å². The summed E-state index contributed by atoms with van der Waals surface area (Å²) >= 11 is 0. The van der Waals surface area contributed by atoms with E-state index in [9.17, 15) is 0 Å². The van der Waals surface area contributed by atoms with E-state index in [0.29, 0.717) is 11.8 Å². The highest BCUT2D eigenvalue weighted by molar-refractivity contribution is 5.42. The Bertz CT molecular complexity index is 401. The molecule has 0 saturated heterocycles. The first-order chi connectivity index (χ1) is 7.16. The van der Waals surface area contributed by atoms with E-state index in [2.05, 4.69) is 31.2 Å². The molecule has 2 heteroatoms. The Labute approximate surface area is 90.3 Å². The molecule has 15 heavy (non-hydrogen) atoms. The molecule has 1 aromatic carbocycles. The molecule has 0 aromatic heterocycles. The molecule has 78 valence electrons. The Kier molecular flexibility index (Phi) is 2.50. The molecule has 0 aliphatic heterocycles. The lowest BCUT2D eigenvalue weighted by Gasteiger charge is -2.22. The second-order valence-corrected chi connectivity index (χ2v) is 4.08. The third-order valence-electron chi connectivity index (χ3n) is 2.84. The van der Waals surface area contributed by atoms with E-state index in [1.165, 1.54) is 5.56 Å². The highest BCUT2D eigenvalue weighted by Gasteiger charge is 2.17. The van der Waals surface area contributed by atoms with Crippen LogP contribution in [-0.2, 0) is 0 Å². The summed E-state index contributed by atoms with van der Waals surface area (Å²) in [7, 11) is 0. The van der Waals surface area contributed by atoms with Crippen molar-refractivity contribution in [1.82, 2.24) is 0 Å². The quantitative estimate of drug-likeness (QED) is 0.684. The number of nitrogens with two attached hydrogens (primary N) is 2. The van der Waals surface area contributed by atoms with Gasteiger partial charge in [-0.2, -0.15) is 0 Å². The molecule has 1 aliphatic rings. The lowest BCUT2D eigenvalue weighted by atomic mass is 9.83. The molecule has 1 aliphatic carbocycles. The third-order valence-corrected chi connectivity index (χ3v) is 2.84. The van der Waals surface area contributed by atoms with Gasteiger partial charge in [0.1, 0.15) is 0 Å². The van der Waals surface area contributed by atoms with Crippen molar-refractivity contribution in [1.29, 1.82) is 0 Å². The Morgan fingerprint density at radius 3 is 2.33 bits per heavy atom. The number of hydrogen-bond donors (Lipinski definition) is 2. The molecule has 0 heterocycles. The molecular formula is C13H16N2. The minimum absolute atomic E-state index is 0.415. The summed E-state index contributed by atoms with van der Waals surface area (Å²) in [6.07, 6.45) is 6.23. The van der Waals surface area contributed by atoms with E-state index in [1.54, 1.807) is 0 Å². The predicted octanol–water partition coefficient (Wildman–Crippen LogP) is 2.40. The number of nitrogen functional groups attached to an aromatic ring is 1. The monoisotopic (exact) mass is 200 g/mol. The van der Waals surface area contributed by atoms with Crippen LogP contribution in [0.25, 0.3) is 0 Å². The Morgan fingerprint density at radius 2 is 1.73 bits per heavy atom. The second kappa shape index (κ2) is 3.81. The number of hydrogen-bond acceptors (Lipinski definition) is 2. The van der Waals surface area contributed by atoms with Gasteiger partial charge in [0.25, 0.3) is 0 Å². The molecule has 0 amide bonds. The lowest BCUT2D eigenvalue weighted by molar-refractivity contribution is 0.629. The first-order valence-electron chi connectivity index (χ1n) is 5.18. The highest BCUT2D eigenvalue weighted by Crippen LogP contribution is 2.30. The van der Waals surface area contributed by atoms with E-state index < -0.39 is 0 Å². The molecule has 0 fully saturated rings. The number of anilines is 1. The third kappa shape index (κ3) is 2.04. The van der Waals surface area contributed by atoms with Crippen LogP contribution in [0, 0.1) is 5.92 Å². The zero-order valence-corrected chi connectivity index (χ0v) is 8.85. The summed E-state index contributed by atoms with van der Waals surface area (Å²) in [6.45, 7) is 2.18. The van der Waals surface area contributed by atoms with Crippen molar-refractivity contribution in [2.45, 2.75) is 12.8 Å². The summed E-state index contributed by atoms with van der Waals surface area (Å²) < 4.78 is 0. The van der Waals surface area contributed by atoms with Crippen LogP contribution in [-0.4, -0.2) is 0 Å². The normalized spacial score (nSPS) is 25.0. The molecule has 2 unspecified atom stereocenters. The molecule has 2 atom stereocenters. The SMILES string of the molecule is CC1C=C(N)C=CC1c1ccc(N)cc1. The van der Waals surface area contributed by atoms with Gasteiger partial charge in [-0.1, -0.05) is 31.2 Å². The first kappa shape index (κ1) is 9.84. The zero-order valence-electron chi connectivity index (χ0n) is 8.85. The molecule has 0 spiro atoms. The van der Waals surface area contributed by atoms with E-state index in [4.69, 9.17) is 11.5 Å². The number of rotatable bonds is 1. The van der Waals surface area contributed by atoms with E-state index in [0.717, 1.165) is 11.4 Å². The van der Waals surface area contributed by atoms with Gasteiger partial charge in [0.15, 0.2) is 0 Å². The number of allylic oxidation sites excluding steroid dienone is 3. The molecule has 0 saturated carbocycles. The van der Waals surface area contributed by atoms with Gasteiger partial charge in [-0.25, -0.2) is 0 Å². The van der Waals surface area contributed by atoms with Gasteiger partial charge >= 0.3 is 0 Å². The summed E-state index contributed by atoms with van der Waals surface area (Å²) in [5.41, 5.74) is 14.4. The van der Waals surface area contributed by atoms with Crippen LogP contribution in [0.5, 0.6) is 0 Å². The zero-order chi connectivity index (χ0) is 10.8. The van der Waals surface area contributed by atoms with Crippen LogP contribution in [0.4, 0.5) is 5.69 Å². The van der Waals surface area contributed by atoms with Gasteiger partial charge in [0.2, 0.25) is 0 Å². The minimum Gasteiger partial charge on any atom is -0.399 e. The van der Waals surface area contributed by atoms with E-state index in [-0.39, 0.29) is 0 Å². The molecule has 1 aromatic rings. The van der Waals surface area contributed by atoms with Crippen LogP contribution in [0.3, 0.4) is 0 Å². The Morgan fingerprint density at radius 1 is 1.07 bits per heavy atom. The summed E-state index contributed by atoms with van der Waals surface area (Å²) in [4.78, 5) is 0. The first-order valence-corrected chi connectivity index (χ1v) is 5.18. The predicted molar refractivity (Wildman–Crippen MR) is 64.2 cm³/mol. The van der Waals surface area contributed by atoms with Gasteiger partial charge in [-0.3, -0.25) is 0 Å². The Hall–Kier alpha value is -1.70. The largest absolute Gasteiger partial charge is 0.399 e. The number of benzene rings is 1.